The standard InChI is InChI=1S/C13H15N3O3/c1-18-13-8-19-9(5-12(13)17)7-16-4-2-3-10-11(16)6-14-15-10/h5-6,8H,2-4,7H2,1H3,(H,14,15). The number of aryl methyl sites for hydroxylation is 1. The number of methoxy groups -OCH3 is 1. The summed E-state index contributed by atoms with van der Waals surface area (Å²) in [7, 11) is 1.45. The lowest BCUT2D eigenvalue weighted by Crippen LogP contribution is -2.28. The number of nitrogens with one attached hydrogen (secondary N) is 1. The topological polar surface area (TPSA) is 71.4 Å². The Labute approximate surface area is 110 Å². The van der Waals surface area contributed by atoms with Gasteiger partial charge in [0.2, 0.25) is 11.2 Å². The fraction of sp³-hybridized carbons (Fsp3) is 0.385. The summed E-state index contributed by atoms with van der Waals surface area (Å²) < 4.78 is 10.3. The lowest BCUT2D eigenvalue weighted by Gasteiger charge is -2.27. The molecule has 0 amide bonds. The molecule has 0 saturated carbocycles. The van der Waals surface area contributed by atoms with Gasteiger partial charge in [-0.3, -0.25) is 9.89 Å². The molecule has 0 aromatic carbocycles. The van der Waals surface area contributed by atoms with Crippen LogP contribution in [0.4, 0.5) is 5.69 Å². The summed E-state index contributed by atoms with van der Waals surface area (Å²) >= 11 is 0. The van der Waals surface area contributed by atoms with E-state index in [1.54, 1.807) is 0 Å². The van der Waals surface area contributed by atoms with Gasteiger partial charge in [-0.15, -0.1) is 0 Å². The first-order chi connectivity index (χ1) is 9.28. The molecule has 0 atom stereocenters. The van der Waals surface area contributed by atoms with Crippen LogP contribution in [0, 0.1) is 0 Å². The molecule has 1 N–H and O–H groups in total. The van der Waals surface area contributed by atoms with Crippen LogP contribution >= 0.6 is 0 Å². The highest BCUT2D eigenvalue weighted by molar-refractivity contribution is 5.51. The van der Waals surface area contributed by atoms with Crippen LogP contribution in [0.3, 0.4) is 0 Å². The number of aromatic nitrogens is 2. The SMILES string of the molecule is COc1coc(CN2CCCc3[nH]ncc32)cc1=O. The van der Waals surface area contributed by atoms with Crippen molar-refractivity contribution in [3.8, 4) is 5.75 Å². The van der Waals surface area contributed by atoms with Crippen molar-refractivity contribution < 1.29 is 9.15 Å². The van der Waals surface area contributed by atoms with Gasteiger partial charge in [-0.25, -0.2) is 0 Å². The minimum absolute atomic E-state index is 0.159. The van der Waals surface area contributed by atoms with Gasteiger partial charge < -0.3 is 14.1 Å². The van der Waals surface area contributed by atoms with Crippen LogP contribution in [0.2, 0.25) is 0 Å². The van der Waals surface area contributed by atoms with Crippen LogP contribution in [-0.2, 0) is 13.0 Å². The molecule has 1 aliphatic heterocycles. The maximum atomic E-state index is 11.7. The second-order valence-electron chi connectivity index (χ2n) is 4.54. The van der Waals surface area contributed by atoms with E-state index in [1.807, 2.05) is 6.20 Å². The van der Waals surface area contributed by atoms with E-state index in [1.165, 1.54) is 19.4 Å². The molecule has 0 aliphatic carbocycles. The van der Waals surface area contributed by atoms with Gasteiger partial charge in [-0.1, -0.05) is 0 Å². The molecule has 6 heteroatoms. The van der Waals surface area contributed by atoms with Crippen molar-refractivity contribution in [3.05, 3.63) is 40.2 Å². The molecule has 0 fully saturated rings. The van der Waals surface area contributed by atoms with Crippen LogP contribution in [0.5, 0.6) is 5.75 Å². The van der Waals surface area contributed by atoms with Crippen LogP contribution in [0.15, 0.2) is 27.7 Å². The molecule has 0 saturated heterocycles. The van der Waals surface area contributed by atoms with Crippen molar-refractivity contribution >= 4 is 5.69 Å². The van der Waals surface area contributed by atoms with Crippen molar-refractivity contribution in [2.24, 2.45) is 0 Å². The molecule has 6 nitrogen and oxygen atoms in total. The molecule has 1 aliphatic rings. The number of nitrogens with zero attached hydrogens (tertiary/aromatic N) is 2. The van der Waals surface area contributed by atoms with E-state index in [4.69, 9.17) is 9.15 Å². The van der Waals surface area contributed by atoms with Gasteiger partial charge in [0.05, 0.1) is 31.2 Å². The minimum atomic E-state index is -0.159. The molecule has 2 aromatic rings. The quantitative estimate of drug-likeness (QED) is 0.902. The Morgan fingerprint density at radius 3 is 3.26 bits per heavy atom. The average Bonchev–Trinajstić information content (AvgIpc) is 2.88. The normalized spacial score (nSPS) is 14.3. The number of aromatic amines is 1. The van der Waals surface area contributed by atoms with Gasteiger partial charge in [0, 0.05) is 12.6 Å². The molecular weight excluding hydrogens is 246 g/mol. The summed E-state index contributed by atoms with van der Waals surface area (Å²) in [5, 5.41) is 7.06. The Balaban J connectivity index is 1.83. The number of rotatable bonds is 3. The molecule has 0 radical (unpaired) electrons. The maximum Gasteiger partial charge on any atom is 0.227 e. The molecule has 3 heterocycles. The first-order valence-electron chi connectivity index (χ1n) is 6.21. The molecule has 0 spiro atoms. The summed E-state index contributed by atoms with van der Waals surface area (Å²) in [4.78, 5) is 13.8. The third-order valence-electron chi connectivity index (χ3n) is 3.31. The van der Waals surface area contributed by atoms with E-state index in [9.17, 15) is 4.79 Å². The Morgan fingerprint density at radius 1 is 1.58 bits per heavy atom. The smallest absolute Gasteiger partial charge is 0.227 e. The Kier molecular flexibility index (Phi) is 2.98. The Morgan fingerprint density at radius 2 is 2.47 bits per heavy atom. The van der Waals surface area contributed by atoms with Gasteiger partial charge >= 0.3 is 0 Å². The second kappa shape index (κ2) is 4.79. The van der Waals surface area contributed by atoms with Crippen LogP contribution in [0.25, 0.3) is 0 Å². The zero-order valence-electron chi connectivity index (χ0n) is 10.7. The molecule has 0 bridgehead atoms. The molecular formula is C13H15N3O3. The highest BCUT2D eigenvalue weighted by Gasteiger charge is 2.19. The second-order valence-corrected chi connectivity index (χ2v) is 4.54. The molecule has 3 rings (SSSR count). The predicted octanol–water partition coefficient (Wildman–Crippen LogP) is 1.32. The first kappa shape index (κ1) is 11.8. The number of ether oxygens (including phenoxy) is 1. The zero-order chi connectivity index (χ0) is 13.2. The van der Waals surface area contributed by atoms with E-state index in [-0.39, 0.29) is 11.2 Å². The molecule has 0 unspecified atom stereocenters. The number of H-pyrrole nitrogens is 1. The van der Waals surface area contributed by atoms with Gasteiger partial charge in [0.15, 0.2) is 0 Å². The van der Waals surface area contributed by atoms with Crippen LogP contribution < -0.4 is 15.1 Å². The number of hydrogen-bond acceptors (Lipinski definition) is 5. The van der Waals surface area contributed by atoms with E-state index in [0.29, 0.717) is 12.3 Å². The van der Waals surface area contributed by atoms with Crippen molar-refractivity contribution in [1.82, 2.24) is 10.2 Å². The fourth-order valence-corrected chi connectivity index (χ4v) is 2.35. The third-order valence-corrected chi connectivity index (χ3v) is 3.31. The fourth-order valence-electron chi connectivity index (χ4n) is 2.35. The third kappa shape index (κ3) is 2.21. The van der Waals surface area contributed by atoms with E-state index in [2.05, 4.69) is 15.1 Å². The monoisotopic (exact) mass is 261 g/mol. The maximum absolute atomic E-state index is 11.7. The van der Waals surface area contributed by atoms with E-state index >= 15 is 0 Å². The summed E-state index contributed by atoms with van der Waals surface area (Å²) in [5.41, 5.74) is 2.07. The highest BCUT2D eigenvalue weighted by atomic mass is 16.5. The molecule has 2 aromatic heterocycles. The van der Waals surface area contributed by atoms with Gasteiger partial charge in [0.25, 0.3) is 0 Å². The van der Waals surface area contributed by atoms with Gasteiger partial charge in [-0.2, -0.15) is 5.10 Å². The van der Waals surface area contributed by atoms with E-state index < -0.39 is 0 Å². The summed E-state index contributed by atoms with van der Waals surface area (Å²) in [6, 6.07) is 1.48. The van der Waals surface area contributed by atoms with Crippen molar-refractivity contribution in [2.75, 3.05) is 18.6 Å². The van der Waals surface area contributed by atoms with Crippen molar-refractivity contribution in [1.29, 1.82) is 0 Å². The Bertz CT molecular complexity index is 632. The first-order valence-corrected chi connectivity index (χ1v) is 6.21. The largest absolute Gasteiger partial charge is 0.490 e. The summed E-state index contributed by atoms with van der Waals surface area (Å²) in [6.45, 7) is 1.49. The van der Waals surface area contributed by atoms with Gasteiger partial charge in [-0.05, 0) is 12.8 Å². The molecule has 100 valence electrons. The van der Waals surface area contributed by atoms with Crippen molar-refractivity contribution in [3.63, 3.8) is 0 Å². The van der Waals surface area contributed by atoms with E-state index in [0.717, 1.165) is 30.8 Å². The summed E-state index contributed by atoms with van der Waals surface area (Å²) in [5.74, 6) is 0.853. The number of anilines is 1. The minimum Gasteiger partial charge on any atom is -0.490 e. The van der Waals surface area contributed by atoms with Crippen LogP contribution in [-0.4, -0.2) is 23.9 Å². The lowest BCUT2D eigenvalue weighted by atomic mass is 10.1. The lowest BCUT2D eigenvalue weighted by molar-refractivity contribution is 0.377. The summed E-state index contributed by atoms with van der Waals surface area (Å²) in [6.07, 6.45) is 5.25. The van der Waals surface area contributed by atoms with Crippen LogP contribution in [0.1, 0.15) is 17.9 Å². The number of hydrogen-bond donors (Lipinski definition) is 1. The highest BCUT2D eigenvalue weighted by Crippen LogP contribution is 2.26. The van der Waals surface area contributed by atoms with Gasteiger partial charge in [0.1, 0.15) is 12.0 Å². The Hall–Kier alpha value is -2.24. The predicted molar refractivity (Wildman–Crippen MR) is 69.5 cm³/mol. The number of fused-ring (bicyclic) bond motifs is 1. The molecule has 19 heavy (non-hydrogen) atoms. The zero-order valence-corrected chi connectivity index (χ0v) is 10.7. The average molecular weight is 261 g/mol. The van der Waals surface area contributed by atoms with Crippen molar-refractivity contribution in [2.45, 2.75) is 19.4 Å².